The van der Waals surface area contributed by atoms with E-state index in [2.05, 4.69) is 5.32 Å². The Labute approximate surface area is 159 Å². The molecule has 0 atom stereocenters. The molecule has 0 heterocycles. The summed E-state index contributed by atoms with van der Waals surface area (Å²) in [6.45, 7) is 1.03. The zero-order chi connectivity index (χ0) is 18.6. The lowest BCUT2D eigenvalue weighted by atomic mass is 10.0. The van der Waals surface area contributed by atoms with Gasteiger partial charge in [-0.05, 0) is 42.5 Å². The van der Waals surface area contributed by atoms with Crippen LogP contribution in [0.15, 0.2) is 54.6 Å². The van der Waals surface area contributed by atoms with E-state index in [0.29, 0.717) is 37.4 Å². The number of benzene rings is 2. The molecule has 1 aliphatic carbocycles. The molecule has 26 heavy (non-hydrogen) atoms. The molecule has 3 rings (SSSR count). The average Bonchev–Trinajstić information content (AvgIpc) is 3.45. The van der Waals surface area contributed by atoms with Crippen molar-refractivity contribution in [2.75, 3.05) is 13.6 Å². The van der Waals surface area contributed by atoms with Crippen LogP contribution in [0.25, 0.3) is 0 Å². The molecular weight excluding hydrogens is 348 g/mol. The Morgan fingerprint density at radius 2 is 1.69 bits per heavy atom. The van der Waals surface area contributed by atoms with Gasteiger partial charge in [-0.15, -0.1) is 0 Å². The summed E-state index contributed by atoms with van der Waals surface area (Å²) < 4.78 is 0. The van der Waals surface area contributed by atoms with Crippen molar-refractivity contribution < 1.29 is 9.59 Å². The van der Waals surface area contributed by atoms with Gasteiger partial charge in [0, 0.05) is 25.2 Å². The molecule has 2 aromatic rings. The number of hydrogen-bond acceptors (Lipinski definition) is 2. The lowest BCUT2D eigenvalue weighted by molar-refractivity contribution is -0.143. The summed E-state index contributed by atoms with van der Waals surface area (Å²) in [7, 11) is 1.76. The van der Waals surface area contributed by atoms with Crippen LogP contribution in [0.2, 0.25) is 5.02 Å². The van der Waals surface area contributed by atoms with Crippen molar-refractivity contribution in [3.63, 3.8) is 0 Å². The molecule has 1 fully saturated rings. The van der Waals surface area contributed by atoms with Gasteiger partial charge in [0.05, 0.1) is 0 Å². The second kappa shape index (κ2) is 7.92. The number of hydrogen-bond donors (Lipinski definition) is 1. The zero-order valence-electron chi connectivity index (χ0n) is 14.9. The summed E-state index contributed by atoms with van der Waals surface area (Å²) in [5.41, 5.74) is 1.29. The van der Waals surface area contributed by atoms with Gasteiger partial charge in [0.25, 0.3) is 0 Å². The summed E-state index contributed by atoms with van der Waals surface area (Å²) in [6, 6.07) is 17.4. The van der Waals surface area contributed by atoms with Gasteiger partial charge < -0.3 is 10.2 Å². The molecule has 136 valence electrons. The van der Waals surface area contributed by atoms with Gasteiger partial charge >= 0.3 is 0 Å². The van der Waals surface area contributed by atoms with E-state index >= 15 is 0 Å². The number of amides is 2. The lowest BCUT2D eigenvalue weighted by Crippen LogP contribution is -2.44. The molecule has 4 nitrogen and oxygen atoms in total. The van der Waals surface area contributed by atoms with Crippen LogP contribution in [-0.4, -0.2) is 30.3 Å². The van der Waals surface area contributed by atoms with Gasteiger partial charge in [-0.25, -0.2) is 0 Å². The fraction of sp³-hybridized carbons (Fsp3) is 0.333. The Hall–Kier alpha value is -2.33. The Morgan fingerprint density at radius 3 is 2.31 bits per heavy atom. The van der Waals surface area contributed by atoms with Crippen molar-refractivity contribution in [2.24, 2.45) is 5.41 Å². The minimum atomic E-state index is -0.872. The van der Waals surface area contributed by atoms with Crippen molar-refractivity contribution in [1.29, 1.82) is 0 Å². The third-order valence-electron chi connectivity index (χ3n) is 4.82. The number of nitrogens with one attached hydrogen (secondary N) is 1. The first kappa shape index (κ1) is 18.5. The molecule has 0 spiro atoms. The normalized spacial score (nSPS) is 14.5. The molecule has 2 aromatic carbocycles. The summed E-state index contributed by atoms with van der Waals surface area (Å²) in [4.78, 5) is 27.0. The molecule has 0 saturated heterocycles. The van der Waals surface area contributed by atoms with E-state index in [4.69, 9.17) is 11.6 Å². The van der Waals surface area contributed by atoms with E-state index < -0.39 is 5.41 Å². The van der Waals surface area contributed by atoms with Crippen molar-refractivity contribution in [3.8, 4) is 0 Å². The van der Waals surface area contributed by atoms with Gasteiger partial charge in [0.2, 0.25) is 11.8 Å². The first-order valence-corrected chi connectivity index (χ1v) is 9.21. The second-order valence-electron chi connectivity index (χ2n) is 6.86. The SMILES string of the molecule is CN(Cc1ccccc1)C(=O)C1(C(=O)NCCc2ccc(Cl)cc2)CC1. The molecule has 1 saturated carbocycles. The fourth-order valence-electron chi connectivity index (χ4n) is 3.10. The maximum absolute atomic E-state index is 12.8. The smallest absolute Gasteiger partial charge is 0.238 e. The molecule has 0 unspecified atom stereocenters. The van der Waals surface area contributed by atoms with Crippen LogP contribution in [0.3, 0.4) is 0 Å². The first-order valence-electron chi connectivity index (χ1n) is 8.83. The predicted molar refractivity (Wildman–Crippen MR) is 103 cm³/mol. The van der Waals surface area contributed by atoms with Gasteiger partial charge in [-0.2, -0.15) is 0 Å². The number of rotatable bonds is 7. The van der Waals surface area contributed by atoms with Crippen LogP contribution < -0.4 is 5.32 Å². The zero-order valence-corrected chi connectivity index (χ0v) is 15.6. The fourth-order valence-corrected chi connectivity index (χ4v) is 3.22. The minimum Gasteiger partial charge on any atom is -0.355 e. The Balaban J connectivity index is 1.52. The molecule has 0 radical (unpaired) electrons. The highest BCUT2D eigenvalue weighted by molar-refractivity contribution is 6.30. The highest BCUT2D eigenvalue weighted by Gasteiger charge is 2.57. The number of nitrogens with zero attached hydrogens (tertiary/aromatic N) is 1. The largest absolute Gasteiger partial charge is 0.355 e. The second-order valence-corrected chi connectivity index (χ2v) is 7.30. The van der Waals surface area contributed by atoms with E-state index in [1.54, 1.807) is 11.9 Å². The third-order valence-corrected chi connectivity index (χ3v) is 5.07. The molecule has 0 bridgehead atoms. The van der Waals surface area contributed by atoms with Crippen molar-refractivity contribution in [2.45, 2.75) is 25.8 Å². The van der Waals surface area contributed by atoms with E-state index in [-0.39, 0.29) is 11.8 Å². The van der Waals surface area contributed by atoms with Gasteiger partial charge in [-0.3, -0.25) is 9.59 Å². The Bertz CT molecular complexity index is 770. The maximum atomic E-state index is 12.8. The van der Waals surface area contributed by atoms with Crippen molar-refractivity contribution >= 4 is 23.4 Å². The summed E-state index contributed by atoms with van der Waals surface area (Å²) in [5, 5.41) is 3.62. The first-order chi connectivity index (χ1) is 12.5. The monoisotopic (exact) mass is 370 g/mol. The topological polar surface area (TPSA) is 49.4 Å². The van der Waals surface area contributed by atoms with E-state index in [9.17, 15) is 9.59 Å². The predicted octanol–water partition coefficient (Wildman–Crippen LogP) is 3.44. The molecular formula is C21H23ClN2O2. The quantitative estimate of drug-likeness (QED) is 0.759. The van der Waals surface area contributed by atoms with E-state index in [1.807, 2.05) is 54.6 Å². The van der Waals surface area contributed by atoms with Crippen LogP contribution >= 0.6 is 11.6 Å². The molecule has 0 aromatic heterocycles. The van der Waals surface area contributed by atoms with Crippen LogP contribution in [0, 0.1) is 5.41 Å². The summed E-state index contributed by atoms with van der Waals surface area (Å²) in [6.07, 6.45) is 1.96. The maximum Gasteiger partial charge on any atom is 0.238 e. The molecule has 5 heteroatoms. The molecule has 1 N–H and O–H groups in total. The molecule has 1 aliphatic rings. The van der Waals surface area contributed by atoms with Gasteiger partial charge in [0.15, 0.2) is 0 Å². The number of halogens is 1. The Kier molecular flexibility index (Phi) is 5.62. The van der Waals surface area contributed by atoms with Gasteiger partial charge in [-0.1, -0.05) is 54.1 Å². The highest BCUT2D eigenvalue weighted by Crippen LogP contribution is 2.47. The highest BCUT2D eigenvalue weighted by atomic mass is 35.5. The van der Waals surface area contributed by atoms with E-state index in [1.165, 1.54) is 0 Å². The number of carbonyl (C=O) groups excluding carboxylic acids is 2. The van der Waals surface area contributed by atoms with Crippen molar-refractivity contribution in [3.05, 3.63) is 70.7 Å². The summed E-state index contributed by atoms with van der Waals surface area (Å²) in [5.74, 6) is -0.248. The van der Waals surface area contributed by atoms with E-state index in [0.717, 1.165) is 11.1 Å². The third kappa shape index (κ3) is 4.25. The van der Waals surface area contributed by atoms with Crippen LogP contribution in [0.5, 0.6) is 0 Å². The molecule has 0 aliphatic heterocycles. The van der Waals surface area contributed by atoms with Gasteiger partial charge in [0.1, 0.15) is 5.41 Å². The van der Waals surface area contributed by atoms with Crippen LogP contribution in [-0.2, 0) is 22.6 Å². The average molecular weight is 371 g/mol. The van der Waals surface area contributed by atoms with Crippen LogP contribution in [0.1, 0.15) is 24.0 Å². The number of carbonyl (C=O) groups is 2. The van der Waals surface area contributed by atoms with Crippen LogP contribution in [0.4, 0.5) is 0 Å². The standard InChI is InChI=1S/C21H23ClN2O2/c1-24(15-17-5-3-2-4-6-17)20(26)21(12-13-21)19(25)23-14-11-16-7-9-18(22)10-8-16/h2-10H,11-15H2,1H3,(H,23,25). The lowest BCUT2D eigenvalue weighted by Gasteiger charge is -2.23. The summed E-state index contributed by atoms with van der Waals surface area (Å²) >= 11 is 5.87. The van der Waals surface area contributed by atoms with Crippen molar-refractivity contribution in [1.82, 2.24) is 10.2 Å². The Morgan fingerprint density at radius 1 is 1.04 bits per heavy atom. The molecule has 2 amide bonds. The minimum absolute atomic E-state index is 0.0923.